The molecule has 2 N–H and O–H groups in total. The maximum absolute atomic E-state index is 12.4. The van der Waals surface area contributed by atoms with Crippen molar-refractivity contribution >= 4 is 39.7 Å². The standard InChI is InChI=1S/C19H20N8O2S/c1-3-4-9-26-15-14(16(28)22-18(26)29)25(2)13(21-15)10-30-19-24-23-17-20-11-7-5-6-8-12(11)27(17)19/h5-8H,3-4,9-10H2,1-2H3,(H,20,23)(H,22,28,29). The molecule has 4 aromatic heterocycles. The van der Waals surface area contributed by atoms with Crippen LogP contribution in [0.15, 0.2) is 39.0 Å². The van der Waals surface area contributed by atoms with Crippen molar-refractivity contribution in [3.8, 4) is 0 Å². The van der Waals surface area contributed by atoms with Crippen LogP contribution in [0.25, 0.3) is 28.0 Å². The highest BCUT2D eigenvalue weighted by atomic mass is 32.2. The van der Waals surface area contributed by atoms with Crippen LogP contribution in [0.3, 0.4) is 0 Å². The minimum atomic E-state index is -0.420. The summed E-state index contributed by atoms with van der Waals surface area (Å²) in [6, 6.07) is 7.86. The molecule has 0 spiro atoms. The van der Waals surface area contributed by atoms with Crippen LogP contribution < -0.4 is 11.2 Å². The summed E-state index contributed by atoms with van der Waals surface area (Å²) in [5.74, 6) is 1.85. The van der Waals surface area contributed by atoms with Gasteiger partial charge in [0.15, 0.2) is 16.3 Å². The third-order valence-corrected chi connectivity index (χ3v) is 6.11. The molecule has 0 bridgehead atoms. The van der Waals surface area contributed by atoms with E-state index in [0.717, 1.165) is 29.0 Å². The van der Waals surface area contributed by atoms with E-state index >= 15 is 0 Å². The molecule has 0 saturated carbocycles. The monoisotopic (exact) mass is 424 g/mol. The van der Waals surface area contributed by atoms with E-state index in [9.17, 15) is 9.59 Å². The van der Waals surface area contributed by atoms with Gasteiger partial charge in [0.2, 0.25) is 5.78 Å². The molecule has 0 aliphatic carbocycles. The number of thioether (sulfide) groups is 1. The third-order valence-electron chi connectivity index (χ3n) is 5.17. The highest BCUT2D eigenvalue weighted by Gasteiger charge is 2.18. The number of imidazole rings is 2. The van der Waals surface area contributed by atoms with Crippen LogP contribution in [0.5, 0.6) is 0 Å². The molecule has 0 atom stereocenters. The molecule has 5 rings (SSSR count). The summed E-state index contributed by atoms with van der Waals surface area (Å²) in [6.07, 6.45) is 1.78. The Morgan fingerprint density at radius 2 is 2.00 bits per heavy atom. The Labute approximate surface area is 174 Å². The SMILES string of the molecule is CCCCn1c(=O)[nH]c(=O)c2c1nc(CSc1n[nH]c3nc4ccccc4n13)n2C. The van der Waals surface area contributed by atoms with Gasteiger partial charge in [0.25, 0.3) is 5.56 Å². The van der Waals surface area contributed by atoms with Gasteiger partial charge in [-0.15, -0.1) is 5.10 Å². The molecular formula is C19H20N8O2S. The Morgan fingerprint density at radius 3 is 2.83 bits per heavy atom. The van der Waals surface area contributed by atoms with Gasteiger partial charge in [-0.1, -0.05) is 37.2 Å². The Hall–Kier alpha value is -3.34. The normalized spacial score (nSPS) is 11.9. The van der Waals surface area contributed by atoms with Gasteiger partial charge < -0.3 is 4.57 Å². The Morgan fingerprint density at radius 1 is 1.17 bits per heavy atom. The summed E-state index contributed by atoms with van der Waals surface area (Å²) in [5, 5.41) is 8.08. The molecule has 1 aromatic carbocycles. The molecule has 154 valence electrons. The molecule has 11 heteroatoms. The van der Waals surface area contributed by atoms with Crippen LogP contribution in [0, 0.1) is 0 Å². The molecule has 4 heterocycles. The van der Waals surface area contributed by atoms with E-state index in [-0.39, 0.29) is 0 Å². The lowest BCUT2D eigenvalue weighted by Gasteiger charge is -2.04. The number of hydrogen-bond donors (Lipinski definition) is 2. The average molecular weight is 424 g/mol. The fraction of sp³-hybridized carbons (Fsp3) is 0.316. The number of para-hydroxylation sites is 2. The minimum absolute atomic E-state index is 0.404. The molecule has 0 aliphatic heterocycles. The Kier molecular flexibility index (Phi) is 4.46. The average Bonchev–Trinajstić information content (AvgIpc) is 3.38. The first-order chi connectivity index (χ1) is 14.6. The van der Waals surface area contributed by atoms with Gasteiger partial charge in [-0.05, 0) is 18.6 Å². The maximum Gasteiger partial charge on any atom is 0.330 e. The number of H-pyrrole nitrogens is 2. The molecule has 0 saturated heterocycles. The number of aryl methyl sites for hydroxylation is 2. The zero-order chi connectivity index (χ0) is 20.8. The Bertz CT molecular complexity index is 1500. The lowest BCUT2D eigenvalue weighted by Crippen LogP contribution is -2.31. The molecule has 10 nitrogen and oxygen atoms in total. The zero-order valence-corrected chi connectivity index (χ0v) is 17.4. The van der Waals surface area contributed by atoms with E-state index in [1.807, 2.05) is 28.7 Å². The van der Waals surface area contributed by atoms with E-state index < -0.39 is 11.2 Å². The molecule has 5 aromatic rings. The number of nitrogens with zero attached hydrogens (tertiary/aromatic N) is 6. The predicted octanol–water partition coefficient (Wildman–Crippen LogP) is 2.04. The Balaban J connectivity index is 1.54. The fourth-order valence-corrected chi connectivity index (χ4v) is 4.55. The van der Waals surface area contributed by atoms with Crippen molar-refractivity contribution in [1.29, 1.82) is 0 Å². The van der Waals surface area contributed by atoms with Crippen LogP contribution in [-0.2, 0) is 19.3 Å². The van der Waals surface area contributed by atoms with E-state index in [2.05, 4.69) is 32.1 Å². The van der Waals surface area contributed by atoms with Gasteiger partial charge >= 0.3 is 5.69 Å². The van der Waals surface area contributed by atoms with Gasteiger partial charge in [-0.25, -0.2) is 19.9 Å². The second-order valence-electron chi connectivity index (χ2n) is 7.08. The minimum Gasteiger partial charge on any atom is -0.325 e. The maximum atomic E-state index is 12.4. The number of rotatable bonds is 6. The lowest BCUT2D eigenvalue weighted by molar-refractivity contribution is 0.613. The quantitative estimate of drug-likeness (QED) is 0.403. The fourth-order valence-electron chi connectivity index (χ4n) is 3.61. The first-order valence-electron chi connectivity index (χ1n) is 9.71. The van der Waals surface area contributed by atoms with Crippen LogP contribution in [0.2, 0.25) is 0 Å². The predicted molar refractivity (Wildman–Crippen MR) is 115 cm³/mol. The number of benzene rings is 1. The molecule has 0 radical (unpaired) electrons. The highest BCUT2D eigenvalue weighted by Crippen LogP contribution is 2.26. The largest absolute Gasteiger partial charge is 0.330 e. The number of aromatic nitrogens is 8. The van der Waals surface area contributed by atoms with Crippen molar-refractivity contribution < 1.29 is 0 Å². The first-order valence-corrected chi connectivity index (χ1v) is 10.7. The van der Waals surface area contributed by atoms with Gasteiger partial charge in [-0.3, -0.25) is 18.7 Å². The smallest absolute Gasteiger partial charge is 0.325 e. The molecule has 0 aliphatic rings. The third kappa shape index (κ3) is 2.84. The summed E-state index contributed by atoms with van der Waals surface area (Å²) in [7, 11) is 1.79. The molecular weight excluding hydrogens is 404 g/mol. The van der Waals surface area contributed by atoms with Gasteiger partial charge in [0.1, 0.15) is 5.82 Å². The summed E-state index contributed by atoms with van der Waals surface area (Å²) in [5.41, 5.74) is 1.85. The van der Waals surface area contributed by atoms with Crippen LogP contribution >= 0.6 is 11.8 Å². The second kappa shape index (κ2) is 7.17. The topological polar surface area (TPSA) is 119 Å². The summed E-state index contributed by atoms with van der Waals surface area (Å²) in [4.78, 5) is 36.3. The van der Waals surface area contributed by atoms with Crippen LogP contribution in [0.4, 0.5) is 0 Å². The van der Waals surface area contributed by atoms with E-state index in [4.69, 9.17) is 0 Å². The van der Waals surface area contributed by atoms with E-state index in [1.54, 1.807) is 16.2 Å². The number of hydrogen-bond acceptors (Lipinski definition) is 6. The number of nitrogens with one attached hydrogen (secondary N) is 2. The molecule has 30 heavy (non-hydrogen) atoms. The molecule has 0 unspecified atom stereocenters. The van der Waals surface area contributed by atoms with Crippen molar-refractivity contribution in [2.75, 3.05) is 0 Å². The number of fused-ring (bicyclic) bond motifs is 4. The van der Waals surface area contributed by atoms with Crippen molar-refractivity contribution in [3.63, 3.8) is 0 Å². The number of unbranched alkanes of at least 4 members (excludes halogenated alkanes) is 1. The van der Waals surface area contributed by atoms with Crippen LogP contribution in [0.1, 0.15) is 25.6 Å². The van der Waals surface area contributed by atoms with Crippen molar-refractivity contribution in [2.45, 2.75) is 37.2 Å². The van der Waals surface area contributed by atoms with Gasteiger partial charge in [-0.2, -0.15) is 0 Å². The van der Waals surface area contributed by atoms with Crippen molar-refractivity contribution in [2.24, 2.45) is 7.05 Å². The van der Waals surface area contributed by atoms with Crippen LogP contribution in [-0.4, -0.2) is 38.7 Å². The summed E-state index contributed by atoms with van der Waals surface area (Å²) >= 11 is 1.49. The summed E-state index contributed by atoms with van der Waals surface area (Å²) in [6.45, 7) is 2.58. The van der Waals surface area contributed by atoms with E-state index in [0.29, 0.717) is 35.1 Å². The molecule has 0 amide bonds. The van der Waals surface area contributed by atoms with Gasteiger partial charge in [0, 0.05) is 13.6 Å². The van der Waals surface area contributed by atoms with Crippen molar-refractivity contribution in [3.05, 3.63) is 50.9 Å². The van der Waals surface area contributed by atoms with E-state index in [1.165, 1.54) is 11.8 Å². The number of aromatic amines is 2. The lowest BCUT2D eigenvalue weighted by atomic mass is 10.3. The zero-order valence-electron chi connectivity index (χ0n) is 16.5. The van der Waals surface area contributed by atoms with Gasteiger partial charge in [0.05, 0.1) is 16.8 Å². The second-order valence-corrected chi connectivity index (χ2v) is 8.02. The summed E-state index contributed by atoms with van der Waals surface area (Å²) < 4.78 is 5.26. The van der Waals surface area contributed by atoms with Crippen molar-refractivity contribution in [1.82, 2.24) is 38.7 Å². The first kappa shape index (κ1) is 18.7. The molecule has 0 fully saturated rings. The highest BCUT2D eigenvalue weighted by molar-refractivity contribution is 7.98.